The number of hydrogen-bond donors (Lipinski definition) is 2. The van der Waals surface area contributed by atoms with Gasteiger partial charge in [-0.1, -0.05) is 0 Å². The van der Waals surface area contributed by atoms with Crippen LogP contribution in [0.1, 0.15) is 17.7 Å². The van der Waals surface area contributed by atoms with Crippen molar-refractivity contribution in [2.45, 2.75) is 24.4 Å². The lowest BCUT2D eigenvalue weighted by Gasteiger charge is -1.94. The van der Waals surface area contributed by atoms with Gasteiger partial charge in [0.25, 0.3) is 10.0 Å². The molecule has 0 amide bonds. The highest BCUT2D eigenvalue weighted by atomic mass is 32.2. The SMILES string of the molecule is NS(=O)(=O)c1cc2c(o1)CCCc1c[nH]nc1-2. The first-order valence-corrected chi connectivity index (χ1v) is 6.79. The molecule has 0 unspecified atom stereocenters. The van der Waals surface area contributed by atoms with Crippen LogP contribution in [0.25, 0.3) is 11.3 Å². The number of furan rings is 1. The molecular formula is C10H11N3O3S. The molecule has 6 nitrogen and oxygen atoms in total. The molecule has 0 aliphatic heterocycles. The van der Waals surface area contributed by atoms with Gasteiger partial charge in [-0.15, -0.1) is 0 Å². The quantitative estimate of drug-likeness (QED) is 0.784. The van der Waals surface area contributed by atoms with Crippen molar-refractivity contribution in [2.24, 2.45) is 5.14 Å². The van der Waals surface area contributed by atoms with E-state index >= 15 is 0 Å². The van der Waals surface area contributed by atoms with E-state index in [2.05, 4.69) is 10.2 Å². The number of primary sulfonamides is 1. The molecule has 1 aliphatic carbocycles. The standard InChI is InChI=1S/C10H11N3O3S/c11-17(14,15)9-4-7-8(16-9)3-1-2-6-5-12-13-10(6)7/h4-5H,1-3H2,(H,12,13)(H2,11,14,15). The summed E-state index contributed by atoms with van der Waals surface area (Å²) in [4.78, 5) is 0. The number of aromatic nitrogens is 2. The molecule has 7 heteroatoms. The zero-order valence-corrected chi connectivity index (χ0v) is 9.75. The van der Waals surface area contributed by atoms with E-state index in [0.717, 1.165) is 29.7 Å². The third kappa shape index (κ3) is 1.67. The minimum absolute atomic E-state index is 0.196. The van der Waals surface area contributed by atoms with Crippen LogP contribution in [-0.2, 0) is 22.9 Å². The molecule has 2 heterocycles. The maximum Gasteiger partial charge on any atom is 0.271 e. The number of nitrogens with zero attached hydrogens (tertiary/aromatic N) is 1. The average Bonchev–Trinajstić information content (AvgIpc) is 2.81. The molecule has 0 saturated carbocycles. The minimum atomic E-state index is -3.80. The third-order valence-electron chi connectivity index (χ3n) is 2.89. The van der Waals surface area contributed by atoms with Crippen LogP contribution < -0.4 is 5.14 Å². The number of nitrogens with two attached hydrogens (primary N) is 1. The fourth-order valence-corrected chi connectivity index (χ4v) is 2.61. The summed E-state index contributed by atoms with van der Waals surface area (Å²) >= 11 is 0. The molecule has 3 N–H and O–H groups in total. The molecular weight excluding hydrogens is 242 g/mol. The molecule has 0 saturated heterocycles. The van der Waals surface area contributed by atoms with Gasteiger partial charge < -0.3 is 4.42 Å². The van der Waals surface area contributed by atoms with Crippen molar-refractivity contribution in [1.82, 2.24) is 10.2 Å². The molecule has 0 atom stereocenters. The van der Waals surface area contributed by atoms with Crippen LogP contribution in [0.4, 0.5) is 0 Å². The maximum atomic E-state index is 11.2. The number of hydrogen-bond acceptors (Lipinski definition) is 4. The monoisotopic (exact) mass is 253 g/mol. The first-order chi connectivity index (χ1) is 8.05. The number of nitrogens with one attached hydrogen (secondary N) is 1. The Labute approximate surface area is 97.9 Å². The molecule has 0 spiro atoms. The molecule has 3 rings (SSSR count). The molecule has 0 fully saturated rings. The van der Waals surface area contributed by atoms with Gasteiger partial charge in [-0.25, -0.2) is 13.6 Å². The second-order valence-corrected chi connectivity index (χ2v) is 5.55. The second kappa shape index (κ2) is 3.44. The zero-order valence-electron chi connectivity index (χ0n) is 8.93. The van der Waals surface area contributed by atoms with Crippen LogP contribution in [0.2, 0.25) is 0 Å². The Bertz CT molecular complexity index is 669. The van der Waals surface area contributed by atoms with E-state index in [-0.39, 0.29) is 5.09 Å². The van der Waals surface area contributed by atoms with Crippen LogP contribution in [0.15, 0.2) is 21.8 Å². The number of aromatic amines is 1. The third-order valence-corrected chi connectivity index (χ3v) is 3.65. The smallest absolute Gasteiger partial charge is 0.271 e. The topological polar surface area (TPSA) is 102 Å². The van der Waals surface area contributed by atoms with Crippen LogP contribution in [0, 0.1) is 0 Å². The Kier molecular flexibility index (Phi) is 2.14. The Balaban J connectivity index is 2.23. The largest absolute Gasteiger partial charge is 0.448 e. The van der Waals surface area contributed by atoms with Gasteiger partial charge in [0.1, 0.15) is 5.76 Å². The summed E-state index contributed by atoms with van der Waals surface area (Å²) in [5.41, 5.74) is 2.56. The maximum absolute atomic E-state index is 11.2. The number of sulfonamides is 1. The van der Waals surface area contributed by atoms with Gasteiger partial charge in [-0.3, -0.25) is 5.10 Å². The lowest BCUT2D eigenvalue weighted by molar-refractivity contribution is 0.412. The number of rotatable bonds is 1. The lowest BCUT2D eigenvalue weighted by Crippen LogP contribution is -2.10. The molecule has 2 aromatic heterocycles. The van der Waals surface area contributed by atoms with Crippen LogP contribution >= 0.6 is 0 Å². The second-order valence-electron chi connectivity index (χ2n) is 4.06. The summed E-state index contributed by atoms with van der Waals surface area (Å²) in [5.74, 6) is 0.639. The summed E-state index contributed by atoms with van der Waals surface area (Å²) in [5, 5.41) is 11.8. The minimum Gasteiger partial charge on any atom is -0.448 e. The van der Waals surface area contributed by atoms with Crippen LogP contribution in [0.5, 0.6) is 0 Å². The van der Waals surface area contributed by atoms with Crippen LogP contribution in [0.3, 0.4) is 0 Å². The van der Waals surface area contributed by atoms with Gasteiger partial charge >= 0.3 is 0 Å². The van der Waals surface area contributed by atoms with Crippen molar-refractivity contribution in [3.8, 4) is 11.3 Å². The average molecular weight is 253 g/mol. The van der Waals surface area contributed by atoms with Crippen molar-refractivity contribution < 1.29 is 12.8 Å². The van der Waals surface area contributed by atoms with E-state index in [9.17, 15) is 8.42 Å². The molecule has 2 aromatic rings. The molecule has 0 aromatic carbocycles. The highest BCUT2D eigenvalue weighted by Crippen LogP contribution is 2.34. The Morgan fingerprint density at radius 1 is 1.41 bits per heavy atom. The molecule has 90 valence electrons. The Morgan fingerprint density at radius 3 is 3.00 bits per heavy atom. The van der Waals surface area contributed by atoms with E-state index in [1.807, 2.05) is 6.20 Å². The summed E-state index contributed by atoms with van der Waals surface area (Å²) in [7, 11) is -3.80. The summed E-state index contributed by atoms with van der Waals surface area (Å²) in [6, 6.07) is 1.45. The zero-order chi connectivity index (χ0) is 12.0. The number of fused-ring (bicyclic) bond motifs is 3. The van der Waals surface area contributed by atoms with Gasteiger partial charge in [-0.05, 0) is 18.4 Å². The Morgan fingerprint density at radius 2 is 2.24 bits per heavy atom. The molecule has 17 heavy (non-hydrogen) atoms. The molecule has 0 radical (unpaired) electrons. The van der Waals surface area contributed by atoms with Crippen molar-refractivity contribution in [3.63, 3.8) is 0 Å². The van der Waals surface area contributed by atoms with Gasteiger partial charge in [0.15, 0.2) is 0 Å². The fraction of sp³-hybridized carbons (Fsp3) is 0.300. The first kappa shape index (κ1) is 10.5. The number of aryl methyl sites for hydroxylation is 2. The van der Waals surface area contributed by atoms with E-state index in [0.29, 0.717) is 12.2 Å². The van der Waals surface area contributed by atoms with Crippen molar-refractivity contribution in [2.75, 3.05) is 0 Å². The Hall–Kier alpha value is -1.60. The van der Waals surface area contributed by atoms with E-state index in [1.54, 1.807) is 0 Å². The van der Waals surface area contributed by atoms with Crippen molar-refractivity contribution >= 4 is 10.0 Å². The predicted octanol–water partition coefficient (Wildman–Crippen LogP) is 0.806. The normalized spacial score (nSPS) is 15.1. The van der Waals surface area contributed by atoms with Crippen molar-refractivity contribution in [1.29, 1.82) is 0 Å². The van der Waals surface area contributed by atoms with Gasteiger partial charge in [0.05, 0.1) is 5.69 Å². The van der Waals surface area contributed by atoms with E-state index in [4.69, 9.17) is 9.56 Å². The number of H-pyrrole nitrogens is 1. The molecule has 0 bridgehead atoms. The van der Waals surface area contributed by atoms with Gasteiger partial charge in [-0.2, -0.15) is 5.10 Å². The highest BCUT2D eigenvalue weighted by molar-refractivity contribution is 7.89. The summed E-state index contributed by atoms with van der Waals surface area (Å²) < 4.78 is 27.8. The van der Waals surface area contributed by atoms with Crippen molar-refractivity contribution in [3.05, 3.63) is 23.6 Å². The fourth-order valence-electron chi connectivity index (χ4n) is 2.11. The first-order valence-electron chi connectivity index (χ1n) is 5.24. The predicted molar refractivity (Wildman–Crippen MR) is 59.7 cm³/mol. The van der Waals surface area contributed by atoms with E-state index < -0.39 is 10.0 Å². The summed E-state index contributed by atoms with van der Waals surface area (Å²) in [6.45, 7) is 0. The molecule has 1 aliphatic rings. The lowest BCUT2D eigenvalue weighted by atomic mass is 10.1. The van der Waals surface area contributed by atoms with Gasteiger partial charge in [0, 0.05) is 24.2 Å². The summed E-state index contributed by atoms with van der Waals surface area (Å²) in [6.07, 6.45) is 4.33. The van der Waals surface area contributed by atoms with Gasteiger partial charge in [0.2, 0.25) is 5.09 Å². The highest BCUT2D eigenvalue weighted by Gasteiger charge is 2.24. The van der Waals surface area contributed by atoms with E-state index in [1.165, 1.54) is 6.07 Å². The van der Waals surface area contributed by atoms with Crippen LogP contribution in [-0.4, -0.2) is 18.6 Å².